The smallest absolute Gasteiger partial charge is 0.137 e. The van der Waals surface area contributed by atoms with E-state index in [1.165, 1.54) is 32.4 Å². The predicted octanol–water partition coefficient (Wildman–Crippen LogP) is 3.01. The van der Waals surface area contributed by atoms with Gasteiger partial charge in [0.2, 0.25) is 0 Å². The topological polar surface area (TPSA) is 37.4 Å². The zero-order valence-corrected chi connectivity index (χ0v) is 13.5. The van der Waals surface area contributed by atoms with Gasteiger partial charge in [0.25, 0.3) is 0 Å². The van der Waals surface area contributed by atoms with Crippen molar-refractivity contribution in [3.63, 3.8) is 0 Å². The SMILES string of the molecule is CCNC(CC)c1ccc(OCCN2CCCCC2)cn1. The molecule has 1 aliphatic heterocycles. The van der Waals surface area contributed by atoms with E-state index in [4.69, 9.17) is 4.74 Å². The molecule has 0 saturated carbocycles. The van der Waals surface area contributed by atoms with Crippen molar-refractivity contribution in [1.29, 1.82) is 0 Å². The molecule has 1 unspecified atom stereocenters. The van der Waals surface area contributed by atoms with Crippen LogP contribution in [0.2, 0.25) is 0 Å². The predicted molar refractivity (Wildman–Crippen MR) is 86.7 cm³/mol. The van der Waals surface area contributed by atoms with E-state index in [1.807, 2.05) is 12.3 Å². The monoisotopic (exact) mass is 291 g/mol. The molecule has 0 aromatic carbocycles. The van der Waals surface area contributed by atoms with Crippen molar-refractivity contribution < 1.29 is 4.74 Å². The fourth-order valence-electron chi connectivity index (χ4n) is 2.86. The first-order chi connectivity index (χ1) is 10.3. The fourth-order valence-corrected chi connectivity index (χ4v) is 2.86. The van der Waals surface area contributed by atoms with Crippen molar-refractivity contribution >= 4 is 0 Å². The maximum atomic E-state index is 5.81. The van der Waals surface area contributed by atoms with Gasteiger partial charge in [0, 0.05) is 12.6 Å². The third-order valence-electron chi connectivity index (χ3n) is 4.10. The van der Waals surface area contributed by atoms with Crippen LogP contribution in [0.15, 0.2) is 18.3 Å². The third-order valence-corrected chi connectivity index (χ3v) is 4.10. The van der Waals surface area contributed by atoms with Crippen molar-refractivity contribution in [2.75, 3.05) is 32.8 Å². The van der Waals surface area contributed by atoms with Gasteiger partial charge in [-0.1, -0.05) is 20.3 Å². The van der Waals surface area contributed by atoms with Crippen LogP contribution >= 0.6 is 0 Å². The number of nitrogens with zero attached hydrogens (tertiary/aromatic N) is 2. The molecule has 0 radical (unpaired) electrons. The summed E-state index contributed by atoms with van der Waals surface area (Å²) >= 11 is 0. The van der Waals surface area contributed by atoms with E-state index < -0.39 is 0 Å². The number of pyridine rings is 1. The van der Waals surface area contributed by atoms with E-state index in [-0.39, 0.29) is 0 Å². The Kier molecular flexibility index (Phi) is 6.96. The molecule has 1 fully saturated rings. The van der Waals surface area contributed by atoms with Crippen LogP contribution < -0.4 is 10.1 Å². The molecule has 2 heterocycles. The van der Waals surface area contributed by atoms with Gasteiger partial charge in [-0.25, -0.2) is 0 Å². The molecule has 1 aliphatic rings. The normalized spacial score (nSPS) is 17.6. The van der Waals surface area contributed by atoms with E-state index in [2.05, 4.69) is 35.1 Å². The highest BCUT2D eigenvalue weighted by molar-refractivity contribution is 5.21. The Morgan fingerprint density at radius 2 is 2.05 bits per heavy atom. The summed E-state index contributed by atoms with van der Waals surface area (Å²) in [4.78, 5) is 7.02. The molecule has 1 aromatic heterocycles. The number of likely N-dealkylation sites (tertiary alicyclic amines) is 1. The highest BCUT2D eigenvalue weighted by Gasteiger charge is 2.11. The summed E-state index contributed by atoms with van der Waals surface area (Å²) in [7, 11) is 0. The average Bonchev–Trinajstić information content (AvgIpc) is 2.54. The number of hydrogen-bond donors (Lipinski definition) is 1. The van der Waals surface area contributed by atoms with Gasteiger partial charge in [-0.3, -0.25) is 9.88 Å². The molecular weight excluding hydrogens is 262 g/mol. The lowest BCUT2D eigenvalue weighted by atomic mass is 10.1. The fraction of sp³-hybridized carbons (Fsp3) is 0.706. The molecule has 1 atom stereocenters. The second-order valence-corrected chi connectivity index (χ2v) is 5.69. The molecule has 118 valence electrons. The molecule has 0 spiro atoms. The van der Waals surface area contributed by atoms with Crippen LogP contribution in [0.5, 0.6) is 5.75 Å². The molecule has 0 aliphatic carbocycles. The zero-order chi connectivity index (χ0) is 14.9. The highest BCUT2D eigenvalue weighted by atomic mass is 16.5. The van der Waals surface area contributed by atoms with Gasteiger partial charge < -0.3 is 10.1 Å². The van der Waals surface area contributed by atoms with Crippen LogP contribution in [0, 0.1) is 0 Å². The molecular formula is C17H29N3O. The number of nitrogens with one attached hydrogen (secondary N) is 1. The van der Waals surface area contributed by atoms with Gasteiger partial charge in [-0.15, -0.1) is 0 Å². The Morgan fingerprint density at radius 3 is 2.67 bits per heavy atom. The zero-order valence-electron chi connectivity index (χ0n) is 13.5. The summed E-state index contributed by atoms with van der Waals surface area (Å²) in [6.45, 7) is 9.50. The maximum absolute atomic E-state index is 5.81. The van der Waals surface area contributed by atoms with Crippen molar-refractivity contribution in [2.24, 2.45) is 0 Å². The number of piperidine rings is 1. The molecule has 21 heavy (non-hydrogen) atoms. The molecule has 0 amide bonds. The second-order valence-electron chi connectivity index (χ2n) is 5.69. The van der Waals surface area contributed by atoms with Crippen LogP contribution in [0.3, 0.4) is 0 Å². The Labute approximate surface area is 128 Å². The molecule has 1 N–H and O–H groups in total. The second kappa shape index (κ2) is 9.00. The Balaban J connectivity index is 1.76. The number of ether oxygens (including phenoxy) is 1. The molecule has 4 nitrogen and oxygen atoms in total. The lowest BCUT2D eigenvalue weighted by molar-refractivity contribution is 0.183. The first-order valence-electron chi connectivity index (χ1n) is 8.38. The minimum absolute atomic E-state index is 0.345. The number of rotatable bonds is 8. The largest absolute Gasteiger partial charge is 0.491 e. The van der Waals surface area contributed by atoms with Crippen molar-refractivity contribution in [3.8, 4) is 5.75 Å². The molecule has 4 heteroatoms. The van der Waals surface area contributed by atoms with Crippen LogP contribution in [0.4, 0.5) is 0 Å². The summed E-state index contributed by atoms with van der Waals surface area (Å²) in [5, 5.41) is 3.44. The van der Waals surface area contributed by atoms with Crippen molar-refractivity contribution in [3.05, 3.63) is 24.0 Å². The van der Waals surface area contributed by atoms with Gasteiger partial charge in [-0.05, 0) is 51.0 Å². The quantitative estimate of drug-likeness (QED) is 0.799. The van der Waals surface area contributed by atoms with E-state index in [9.17, 15) is 0 Å². The summed E-state index contributed by atoms with van der Waals surface area (Å²) in [5.41, 5.74) is 1.10. The number of aromatic nitrogens is 1. The van der Waals surface area contributed by atoms with Gasteiger partial charge in [-0.2, -0.15) is 0 Å². The van der Waals surface area contributed by atoms with Gasteiger partial charge in [0.15, 0.2) is 0 Å². The standard InChI is InChI=1S/C17H29N3O/c1-3-16(18-4-2)17-9-8-15(14-19-17)21-13-12-20-10-6-5-7-11-20/h8-9,14,16,18H,3-7,10-13H2,1-2H3. The van der Waals surface area contributed by atoms with E-state index in [1.54, 1.807) is 0 Å². The Bertz CT molecular complexity index is 388. The van der Waals surface area contributed by atoms with E-state index in [0.29, 0.717) is 6.04 Å². The summed E-state index contributed by atoms with van der Waals surface area (Å²) in [6, 6.07) is 4.46. The first kappa shape index (κ1) is 16.2. The molecule has 1 aromatic rings. The van der Waals surface area contributed by atoms with Gasteiger partial charge in [0.05, 0.1) is 11.9 Å². The highest BCUT2D eigenvalue weighted by Crippen LogP contribution is 2.17. The lowest BCUT2D eigenvalue weighted by Gasteiger charge is -2.26. The average molecular weight is 291 g/mol. The van der Waals surface area contributed by atoms with Crippen LogP contribution in [0.25, 0.3) is 0 Å². The number of hydrogen-bond acceptors (Lipinski definition) is 4. The van der Waals surface area contributed by atoms with Gasteiger partial charge in [0.1, 0.15) is 12.4 Å². The lowest BCUT2D eigenvalue weighted by Crippen LogP contribution is -2.33. The van der Waals surface area contributed by atoms with Crippen LogP contribution in [0.1, 0.15) is 51.3 Å². The molecule has 1 saturated heterocycles. The van der Waals surface area contributed by atoms with Crippen LogP contribution in [-0.2, 0) is 0 Å². The first-order valence-corrected chi connectivity index (χ1v) is 8.38. The minimum atomic E-state index is 0.345. The van der Waals surface area contributed by atoms with Crippen molar-refractivity contribution in [1.82, 2.24) is 15.2 Å². The summed E-state index contributed by atoms with van der Waals surface area (Å²) in [6.07, 6.45) is 6.95. The summed E-state index contributed by atoms with van der Waals surface area (Å²) in [5.74, 6) is 0.877. The molecule has 2 rings (SSSR count). The van der Waals surface area contributed by atoms with Gasteiger partial charge >= 0.3 is 0 Å². The Hall–Kier alpha value is -1.13. The third kappa shape index (κ3) is 5.29. The summed E-state index contributed by atoms with van der Waals surface area (Å²) < 4.78 is 5.81. The molecule has 0 bridgehead atoms. The maximum Gasteiger partial charge on any atom is 0.137 e. The minimum Gasteiger partial charge on any atom is -0.491 e. The van der Waals surface area contributed by atoms with E-state index >= 15 is 0 Å². The van der Waals surface area contributed by atoms with Crippen LogP contribution in [-0.4, -0.2) is 42.7 Å². The van der Waals surface area contributed by atoms with E-state index in [0.717, 1.165) is 37.6 Å². The Morgan fingerprint density at radius 1 is 1.24 bits per heavy atom. The van der Waals surface area contributed by atoms with Crippen molar-refractivity contribution in [2.45, 2.75) is 45.6 Å².